The normalized spacial score (nSPS) is 27.4. The van der Waals surface area contributed by atoms with Crippen molar-refractivity contribution < 1.29 is 14.6 Å². The lowest BCUT2D eigenvalue weighted by atomic mass is 10.1. The third kappa shape index (κ3) is 2.75. The molecule has 0 saturated carbocycles. The van der Waals surface area contributed by atoms with Gasteiger partial charge in [-0.25, -0.2) is 0 Å². The molecular weight excluding hydrogens is 263 g/mol. The molecule has 0 spiro atoms. The number of ether oxygens (including phenoxy) is 2. The summed E-state index contributed by atoms with van der Waals surface area (Å²) in [6, 6.07) is 5.19. The molecule has 1 heterocycles. The van der Waals surface area contributed by atoms with E-state index in [0.717, 1.165) is 5.56 Å². The fraction of sp³-hybridized carbons (Fsp3) is 0.500. The van der Waals surface area contributed by atoms with E-state index in [-0.39, 0.29) is 12.7 Å². The first kappa shape index (κ1) is 13.1. The molecule has 1 aliphatic heterocycles. The van der Waals surface area contributed by atoms with Crippen LogP contribution in [0.5, 0.6) is 0 Å². The van der Waals surface area contributed by atoms with Crippen LogP contribution in [0.25, 0.3) is 0 Å². The number of halogens is 2. The van der Waals surface area contributed by atoms with E-state index < -0.39 is 11.9 Å². The molecule has 1 aliphatic rings. The molecule has 5 heteroatoms. The number of rotatable bonds is 2. The van der Waals surface area contributed by atoms with Gasteiger partial charge in [-0.15, -0.1) is 0 Å². The lowest BCUT2D eigenvalue weighted by Gasteiger charge is -2.17. The van der Waals surface area contributed by atoms with Gasteiger partial charge in [0.2, 0.25) is 0 Å². The minimum Gasteiger partial charge on any atom is -0.394 e. The Balaban J connectivity index is 2.32. The van der Waals surface area contributed by atoms with Gasteiger partial charge in [0.1, 0.15) is 12.2 Å². The van der Waals surface area contributed by atoms with Gasteiger partial charge in [0, 0.05) is 15.6 Å². The topological polar surface area (TPSA) is 38.7 Å². The Bertz CT molecular complexity index is 420. The van der Waals surface area contributed by atoms with Gasteiger partial charge in [0.15, 0.2) is 5.79 Å². The molecule has 0 bridgehead atoms. The van der Waals surface area contributed by atoms with E-state index in [9.17, 15) is 5.11 Å². The Kier molecular flexibility index (Phi) is 3.66. The molecule has 1 fully saturated rings. The molecule has 0 aliphatic carbocycles. The summed E-state index contributed by atoms with van der Waals surface area (Å²) in [5.74, 6) is -0.721. The summed E-state index contributed by atoms with van der Waals surface area (Å²) in [5.41, 5.74) is 0.778. The van der Waals surface area contributed by atoms with E-state index in [4.69, 9.17) is 32.7 Å². The Labute approximate surface area is 110 Å². The molecular formula is C12H14Cl2O3. The van der Waals surface area contributed by atoms with Crippen molar-refractivity contribution in [2.45, 2.75) is 31.8 Å². The Morgan fingerprint density at radius 3 is 2.59 bits per heavy atom. The van der Waals surface area contributed by atoms with Crippen LogP contribution < -0.4 is 0 Å². The lowest BCUT2D eigenvalue weighted by molar-refractivity contribution is -0.149. The third-order valence-electron chi connectivity index (χ3n) is 2.63. The van der Waals surface area contributed by atoms with Gasteiger partial charge in [0.25, 0.3) is 0 Å². The van der Waals surface area contributed by atoms with Crippen LogP contribution in [0.15, 0.2) is 18.2 Å². The standard InChI is InChI=1S/C12H14Cl2O3/c1-12(2)16-10(6-15)11(17-12)8-4-3-7(13)5-9(8)14/h3-5,10-11,15H,6H2,1-2H3/t10-,11-/m0/s1. The highest BCUT2D eigenvalue weighted by Crippen LogP contribution is 2.40. The van der Waals surface area contributed by atoms with Gasteiger partial charge >= 0.3 is 0 Å². The van der Waals surface area contributed by atoms with Crippen LogP contribution in [0, 0.1) is 0 Å². The highest BCUT2D eigenvalue weighted by atomic mass is 35.5. The molecule has 1 N–H and O–H groups in total. The molecule has 1 aromatic carbocycles. The maximum Gasteiger partial charge on any atom is 0.164 e. The molecule has 17 heavy (non-hydrogen) atoms. The Morgan fingerprint density at radius 2 is 2.00 bits per heavy atom. The molecule has 0 amide bonds. The number of benzene rings is 1. The molecule has 0 radical (unpaired) electrons. The zero-order valence-corrected chi connectivity index (χ0v) is 11.1. The van der Waals surface area contributed by atoms with Crippen molar-refractivity contribution in [3.05, 3.63) is 33.8 Å². The first-order chi connectivity index (χ1) is 7.93. The zero-order chi connectivity index (χ0) is 12.6. The second-order valence-corrected chi connectivity index (χ2v) is 5.29. The van der Waals surface area contributed by atoms with Crippen molar-refractivity contribution in [3.63, 3.8) is 0 Å². The Hall–Kier alpha value is -0.320. The molecule has 94 valence electrons. The van der Waals surface area contributed by atoms with Crippen LogP contribution in [0.2, 0.25) is 10.0 Å². The monoisotopic (exact) mass is 276 g/mol. The summed E-state index contributed by atoms with van der Waals surface area (Å²) in [5, 5.41) is 10.4. The second kappa shape index (κ2) is 4.75. The van der Waals surface area contributed by atoms with Crippen LogP contribution in [-0.4, -0.2) is 23.6 Å². The summed E-state index contributed by atoms with van der Waals surface area (Å²) in [6.45, 7) is 3.49. The van der Waals surface area contributed by atoms with E-state index in [1.165, 1.54) is 0 Å². The molecule has 2 atom stereocenters. The molecule has 0 aromatic heterocycles. The Morgan fingerprint density at radius 1 is 1.29 bits per heavy atom. The van der Waals surface area contributed by atoms with Gasteiger partial charge in [-0.1, -0.05) is 29.3 Å². The van der Waals surface area contributed by atoms with E-state index in [1.807, 2.05) is 0 Å². The van der Waals surface area contributed by atoms with Crippen molar-refractivity contribution in [2.75, 3.05) is 6.61 Å². The van der Waals surface area contributed by atoms with Crippen molar-refractivity contribution in [3.8, 4) is 0 Å². The first-order valence-electron chi connectivity index (χ1n) is 5.34. The van der Waals surface area contributed by atoms with Crippen LogP contribution in [0.4, 0.5) is 0 Å². The maximum absolute atomic E-state index is 9.30. The highest BCUT2D eigenvalue weighted by Gasteiger charge is 2.42. The predicted molar refractivity (Wildman–Crippen MR) is 66.3 cm³/mol. The third-order valence-corrected chi connectivity index (χ3v) is 3.20. The van der Waals surface area contributed by atoms with Crippen molar-refractivity contribution in [1.82, 2.24) is 0 Å². The molecule has 3 nitrogen and oxygen atoms in total. The summed E-state index contributed by atoms with van der Waals surface area (Å²) in [7, 11) is 0. The lowest BCUT2D eigenvalue weighted by Crippen LogP contribution is -2.23. The SMILES string of the molecule is CC1(C)O[C@@H](CO)[C@H](c2ccc(Cl)cc2Cl)O1. The van der Waals surface area contributed by atoms with Gasteiger partial charge in [0.05, 0.1) is 6.61 Å². The summed E-state index contributed by atoms with van der Waals surface area (Å²) >= 11 is 12.0. The van der Waals surface area contributed by atoms with Crippen LogP contribution in [0.1, 0.15) is 25.5 Å². The summed E-state index contributed by atoms with van der Waals surface area (Å²) in [4.78, 5) is 0. The largest absolute Gasteiger partial charge is 0.394 e. The van der Waals surface area contributed by atoms with Crippen molar-refractivity contribution in [1.29, 1.82) is 0 Å². The highest BCUT2D eigenvalue weighted by molar-refractivity contribution is 6.35. The average molecular weight is 277 g/mol. The van der Waals surface area contributed by atoms with Crippen molar-refractivity contribution >= 4 is 23.2 Å². The number of hydrogen-bond acceptors (Lipinski definition) is 3. The summed E-state index contributed by atoms with van der Waals surface area (Å²) < 4.78 is 11.3. The molecule has 1 saturated heterocycles. The quantitative estimate of drug-likeness (QED) is 0.902. The minimum atomic E-state index is -0.721. The van der Waals surface area contributed by atoms with Gasteiger partial charge in [-0.2, -0.15) is 0 Å². The second-order valence-electron chi connectivity index (χ2n) is 4.44. The number of aliphatic hydroxyl groups excluding tert-OH is 1. The van der Waals surface area contributed by atoms with E-state index >= 15 is 0 Å². The van der Waals surface area contributed by atoms with E-state index in [2.05, 4.69) is 0 Å². The fourth-order valence-electron chi connectivity index (χ4n) is 1.96. The summed E-state index contributed by atoms with van der Waals surface area (Å²) in [6.07, 6.45) is -0.788. The van der Waals surface area contributed by atoms with E-state index in [1.54, 1.807) is 32.0 Å². The first-order valence-corrected chi connectivity index (χ1v) is 6.10. The van der Waals surface area contributed by atoms with Crippen LogP contribution >= 0.6 is 23.2 Å². The van der Waals surface area contributed by atoms with Crippen LogP contribution in [-0.2, 0) is 9.47 Å². The van der Waals surface area contributed by atoms with Gasteiger partial charge in [-0.05, 0) is 26.0 Å². The molecule has 1 aromatic rings. The average Bonchev–Trinajstić information content (AvgIpc) is 2.53. The van der Waals surface area contributed by atoms with Crippen LogP contribution in [0.3, 0.4) is 0 Å². The van der Waals surface area contributed by atoms with Crippen molar-refractivity contribution in [2.24, 2.45) is 0 Å². The number of aliphatic hydroxyl groups is 1. The number of hydrogen-bond donors (Lipinski definition) is 1. The maximum atomic E-state index is 9.30. The zero-order valence-electron chi connectivity index (χ0n) is 9.61. The smallest absolute Gasteiger partial charge is 0.164 e. The van der Waals surface area contributed by atoms with Gasteiger partial charge < -0.3 is 14.6 Å². The van der Waals surface area contributed by atoms with Gasteiger partial charge in [-0.3, -0.25) is 0 Å². The van der Waals surface area contributed by atoms with E-state index in [0.29, 0.717) is 10.0 Å². The molecule has 0 unspecified atom stereocenters. The fourth-order valence-corrected chi connectivity index (χ4v) is 2.48. The molecule has 2 rings (SSSR count). The minimum absolute atomic E-state index is 0.118. The predicted octanol–water partition coefficient (Wildman–Crippen LogP) is 3.18.